The topological polar surface area (TPSA) is 32.3 Å². The zero-order valence-electron chi connectivity index (χ0n) is 11.4. The van der Waals surface area contributed by atoms with E-state index in [-0.39, 0.29) is 11.8 Å². The number of alkyl halides is 1. The van der Waals surface area contributed by atoms with Crippen LogP contribution in [0.15, 0.2) is 42.5 Å². The summed E-state index contributed by atoms with van der Waals surface area (Å²) in [5.74, 6) is -0.303. The molecule has 0 spiro atoms. The van der Waals surface area contributed by atoms with Crippen molar-refractivity contribution in [3.8, 4) is 0 Å². The Balaban J connectivity index is 1.93. The lowest BCUT2D eigenvalue weighted by Gasteiger charge is -2.26. The van der Waals surface area contributed by atoms with Crippen molar-refractivity contribution >= 4 is 23.3 Å². The Kier molecular flexibility index (Phi) is 3.55. The van der Waals surface area contributed by atoms with Gasteiger partial charge in [-0.2, -0.15) is 0 Å². The number of amides is 2. The third kappa shape index (κ3) is 2.72. The van der Waals surface area contributed by atoms with Gasteiger partial charge in [0.05, 0.1) is 5.38 Å². The molecule has 21 heavy (non-hydrogen) atoms. The maximum absolute atomic E-state index is 13.3. The summed E-state index contributed by atoms with van der Waals surface area (Å²) >= 11 is 6.44. The molecule has 1 heterocycles. The summed E-state index contributed by atoms with van der Waals surface area (Å²) in [5, 5.41) is 2.39. The average Bonchev–Trinajstić information content (AvgIpc) is 2.47. The highest BCUT2D eigenvalue weighted by Crippen LogP contribution is 2.33. The maximum Gasteiger partial charge on any atom is 0.321 e. The molecule has 0 aliphatic carbocycles. The Hall–Kier alpha value is -2.07. The highest BCUT2D eigenvalue weighted by molar-refractivity contribution is 6.22. The highest BCUT2D eigenvalue weighted by atomic mass is 35.5. The summed E-state index contributed by atoms with van der Waals surface area (Å²) in [6.07, 6.45) is 0. The second-order valence-electron chi connectivity index (χ2n) is 5.12. The molecular formula is C16H14ClFN2O. The van der Waals surface area contributed by atoms with Crippen molar-refractivity contribution in [2.45, 2.75) is 11.9 Å². The molecule has 1 aliphatic heterocycles. The van der Waals surface area contributed by atoms with E-state index in [9.17, 15) is 9.18 Å². The van der Waals surface area contributed by atoms with E-state index in [1.807, 2.05) is 18.2 Å². The molecular weight excluding hydrogens is 291 g/mol. The van der Waals surface area contributed by atoms with E-state index in [1.165, 1.54) is 12.1 Å². The minimum atomic E-state index is -0.422. The van der Waals surface area contributed by atoms with Crippen LogP contribution in [-0.2, 0) is 6.54 Å². The first-order valence-corrected chi connectivity index (χ1v) is 7.03. The lowest BCUT2D eigenvalue weighted by atomic mass is 10.00. The number of rotatable bonds is 2. The van der Waals surface area contributed by atoms with Gasteiger partial charge in [-0.25, -0.2) is 9.18 Å². The molecule has 2 aromatic rings. The van der Waals surface area contributed by atoms with Gasteiger partial charge in [0, 0.05) is 19.3 Å². The minimum absolute atomic E-state index is 0.122. The minimum Gasteiger partial charge on any atom is -0.323 e. The second-order valence-corrected chi connectivity index (χ2v) is 5.56. The molecule has 3 nitrogen and oxygen atoms in total. The van der Waals surface area contributed by atoms with Gasteiger partial charge >= 0.3 is 6.03 Å². The van der Waals surface area contributed by atoms with Crippen molar-refractivity contribution in [3.63, 3.8) is 0 Å². The Morgan fingerprint density at radius 3 is 2.76 bits per heavy atom. The van der Waals surface area contributed by atoms with Gasteiger partial charge in [-0.1, -0.05) is 24.3 Å². The summed E-state index contributed by atoms with van der Waals surface area (Å²) in [5.41, 5.74) is 3.39. The van der Waals surface area contributed by atoms with Gasteiger partial charge in [-0.15, -0.1) is 11.6 Å². The van der Waals surface area contributed by atoms with Crippen molar-refractivity contribution in [1.29, 1.82) is 0 Å². The molecule has 0 bridgehead atoms. The van der Waals surface area contributed by atoms with Gasteiger partial charge in [0.25, 0.3) is 0 Å². The molecule has 0 radical (unpaired) electrons. The number of carbonyl (C=O) groups excluding carboxylic acids is 1. The second kappa shape index (κ2) is 5.37. The van der Waals surface area contributed by atoms with Gasteiger partial charge in [0.2, 0.25) is 0 Å². The van der Waals surface area contributed by atoms with Crippen LogP contribution >= 0.6 is 11.6 Å². The maximum atomic E-state index is 13.3. The Labute approximate surface area is 127 Å². The molecule has 0 saturated carbocycles. The zero-order valence-corrected chi connectivity index (χ0v) is 12.2. The van der Waals surface area contributed by atoms with E-state index in [4.69, 9.17) is 11.6 Å². The van der Waals surface area contributed by atoms with E-state index in [1.54, 1.807) is 24.1 Å². The smallest absolute Gasteiger partial charge is 0.321 e. The number of fused-ring (bicyclic) bond motifs is 1. The van der Waals surface area contributed by atoms with Gasteiger partial charge in [0.1, 0.15) is 5.82 Å². The summed E-state index contributed by atoms with van der Waals surface area (Å²) in [7, 11) is 1.73. The largest absolute Gasteiger partial charge is 0.323 e. The third-order valence-electron chi connectivity index (χ3n) is 3.56. The molecule has 3 rings (SSSR count). The van der Waals surface area contributed by atoms with E-state index >= 15 is 0 Å². The quantitative estimate of drug-likeness (QED) is 0.831. The van der Waals surface area contributed by atoms with Crippen molar-refractivity contribution < 1.29 is 9.18 Å². The number of hydrogen-bond donors (Lipinski definition) is 1. The number of nitrogens with zero attached hydrogens (tertiary/aromatic N) is 1. The molecule has 0 saturated heterocycles. The first-order chi connectivity index (χ1) is 10.0. The number of urea groups is 1. The van der Waals surface area contributed by atoms with Crippen molar-refractivity contribution in [1.82, 2.24) is 4.90 Å². The van der Waals surface area contributed by atoms with Crippen LogP contribution in [0, 0.1) is 5.82 Å². The number of nitrogens with one attached hydrogen (secondary N) is 1. The van der Waals surface area contributed by atoms with Crippen molar-refractivity contribution in [3.05, 3.63) is 65.0 Å². The normalized spacial score (nSPS) is 15.4. The van der Waals surface area contributed by atoms with Crippen LogP contribution in [0.2, 0.25) is 0 Å². The molecule has 1 unspecified atom stereocenters. The van der Waals surface area contributed by atoms with Gasteiger partial charge in [-0.05, 0) is 34.9 Å². The fourth-order valence-corrected chi connectivity index (χ4v) is 2.69. The molecule has 1 aliphatic rings. The summed E-state index contributed by atoms with van der Waals surface area (Å²) in [4.78, 5) is 13.2. The molecule has 5 heteroatoms. The zero-order chi connectivity index (χ0) is 15.0. The molecule has 2 aromatic carbocycles. The average molecular weight is 305 g/mol. The predicted octanol–water partition coefficient (Wildman–Crippen LogP) is 4.13. The number of anilines is 1. The monoisotopic (exact) mass is 304 g/mol. The van der Waals surface area contributed by atoms with Gasteiger partial charge in [0.15, 0.2) is 0 Å². The van der Waals surface area contributed by atoms with Crippen LogP contribution in [0.3, 0.4) is 0 Å². The number of hydrogen-bond acceptors (Lipinski definition) is 1. The fraction of sp³-hybridized carbons (Fsp3) is 0.188. The van der Waals surface area contributed by atoms with Crippen LogP contribution in [0.4, 0.5) is 14.9 Å². The number of benzene rings is 2. The van der Waals surface area contributed by atoms with Crippen molar-refractivity contribution in [2.24, 2.45) is 0 Å². The number of halogens is 2. The van der Waals surface area contributed by atoms with Crippen LogP contribution in [0.1, 0.15) is 22.1 Å². The molecule has 1 atom stereocenters. The lowest BCUT2D eigenvalue weighted by Crippen LogP contribution is -2.35. The summed E-state index contributed by atoms with van der Waals surface area (Å²) < 4.78 is 13.3. The Bertz CT molecular complexity index is 704. The predicted molar refractivity (Wildman–Crippen MR) is 81.0 cm³/mol. The summed E-state index contributed by atoms with van der Waals surface area (Å²) in [6.45, 7) is 0.530. The summed E-state index contributed by atoms with van der Waals surface area (Å²) in [6, 6.07) is 11.8. The van der Waals surface area contributed by atoms with Crippen LogP contribution in [0.5, 0.6) is 0 Å². The van der Waals surface area contributed by atoms with Crippen molar-refractivity contribution in [2.75, 3.05) is 12.4 Å². The molecule has 0 fully saturated rings. The first kappa shape index (κ1) is 13.9. The van der Waals surface area contributed by atoms with Crippen LogP contribution < -0.4 is 5.32 Å². The van der Waals surface area contributed by atoms with E-state index in [0.717, 1.165) is 16.8 Å². The molecule has 0 aromatic heterocycles. The van der Waals surface area contributed by atoms with Crippen LogP contribution in [-0.4, -0.2) is 18.0 Å². The Morgan fingerprint density at radius 2 is 2.00 bits per heavy atom. The Morgan fingerprint density at radius 1 is 1.24 bits per heavy atom. The highest BCUT2D eigenvalue weighted by Gasteiger charge is 2.21. The third-order valence-corrected chi connectivity index (χ3v) is 4.06. The molecule has 2 amide bonds. The van der Waals surface area contributed by atoms with E-state index < -0.39 is 5.38 Å². The molecule has 108 valence electrons. The number of carbonyl (C=O) groups is 1. The van der Waals surface area contributed by atoms with E-state index in [2.05, 4.69) is 5.32 Å². The van der Waals surface area contributed by atoms with E-state index in [0.29, 0.717) is 12.1 Å². The van der Waals surface area contributed by atoms with Crippen LogP contribution in [0.25, 0.3) is 0 Å². The standard InChI is InChI=1S/C16H14ClFN2O/c1-20-9-12-7-11(5-6-14(12)19-16(20)21)15(17)10-3-2-4-13(18)8-10/h2-8,15H,9H2,1H3,(H,19,21). The lowest BCUT2D eigenvalue weighted by molar-refractivity contribution is 0.218. The van der Waals surface area contributed by atoms with Gasteiger partial charge < -0.3 is 10.2 Å². The fourth-order valence-electron chi connectivity index (χ4n) is 2.42. The SMILES string of the molecule is CN1Cc2cc(C(Cl)c3cccc(F)c3)ccc2NC1=O. The molecule has 1 N–H and O–H groups in total. The first-order valence-electron chi connectivity index (χ1n) is 6.59. The van der Waals surface area contributed by atoms with Gasteiger partial charge in [-0.3, -0.25) is 0 Å².